The number of hydrogen-bond acceptors (Lipinski definition) is 7. The minimum absolute atomic E-state index is 0.242. The number of hydrogen-bond donors (Lipinski definition) is 1. The first-order chi connectivity index (χ1) is 11.9. The number of methoxy groups -OCH3 is 1. The second kappa shape index (κ2) is 6.83. The van der Waals surface area contributed by atoms with Crippen LogP contribution in [0.3, 0.4) is 0 Å². The van der Waals surface area contributed by atoms with Gasteiger partial charge < -0.3 is 14.8 Å². The van der Waals surface area contributed by atoms with Gasteiger partial charge in [0.05, 0.1) is 18.8 Å². The Hall–Kier alpha value is -2.42. The van der Waals surface area contributed by atoms with E-state index < -0.39 is 12.0 Å². The molecule has 2 heterocycles. The number of ether oxygens (including phenoxy) is 2. The Kier molecular flexibility index (Phi) is 4.76. The smallest absolute Gasteiger partial charge is 0.338 e. The molecule has 1 aromatic heterocycles. The predicted molar refractivity (Wildman–Crippen MR) is 94.2 cm³/mol. The van der Waals surface area contributed by atoms with Gasteiger partial charge in [-0.2, -0.15) is 4.68 Å². The molecule has 8 nitrogen and oxygen atoms in total. The zero-order valence-electron chi connectivity index (χ0n) is 14.3. The summed E-state index contributed by atoms with van der Waals surface area (Å²) < 4.78 is 13.3. The number of nitrogens with one attached hydrogen (secondary N) is 1. The molecule has 0 radical (unpaired) electrons. The monoisotopic (exact) mass is 407 g/mol. The zero-order valence-corrected chi connectivity index (χ0v) is 15.9. The minimum Gasteiger partial charge on any atom is -0.496 e. The number of carbonyl (C=O) groups excluding carboxylic acids is 1. The van der Waals surface area contributed by atoms with E-state index >= 15 is 0 Å². The Balaban J connectivity index is 2.19. The molecule has 0 aliphatic carbocycles. The van der Waals surface area contributed by atoms with Crippen molar-refractivity contribution in [1.82, 2.24) is 20.2 Å². The molecule has 0 saturated carbocycles. The molecule has 2 aromatic rings. The average Bonchev–Trinajstić information content (AvgIpc) is 3.00. The summed E-state index contributed by atoms with van der Waals surface area (Å²) in [5.41, 5.74) is 1.83. The number of tetrazole rings is 1. The van der Waals surface area contributed by atoms with Crippen molar-refractivity contribution in [2.75, 3.05) is 12.4 Å². The fraction of sp³-hybridized carbons (Fsp3) is 0.375. The van der Waals surface area contributed by atoms with Crippen LogP contribution in [0.2, 0.25) is 0 Å². The topological polar surface area (TPSA) is 91.2 Å². The number of anilines is 1. The van der Waals surface area contributed by atoms with Crippen molar-refractivity contribution in [3.63, 3.8) is 0 Å². The van der Waals surface area contributed by atoms with Crippen molar-refractivity contribution < 1.29 is 14.3 Å². The molecule has 3 rings (SSSR count). The van der Waals surface area contributed by atoms with Crippen LogP contribution in [0.5, 0.6) is 5.75 Å². The van der Waals surface area contributed by atoms with E-state index in [4.69, 9.17) is 9.47 Å². The van der Waals surface area contributed by atoms with Gasteiger partial charge in [0.1, 0.15) is 11.8 Å². The van der Waals surface area contributed by atoms with E-state index in [0.717, 1.165) is 10.0 Å². The van der Waals surface area contributed by atoms with E-state index in [9.17, 15) is 4.79 Å². The normalized spacial score (nSPS) is 16.5. The number of rotatable bonds is 4. The van der Waals surface area contributed by atoms with E-state index in [1.807, 2.05) is 18.2 Å². The third kappa shape index (κ3) is 3.23. The van der Waals surface area contributed by atoms with Crippen LogP contribution in [-0.4, -0.2) is 39.4 Å². The van der Waals surface area contributed by atoms with Gasteiger partial charge in [-0.3, -0.25) is 0 Å². The number of nitrogens with zero attached hydrogens (tertiary/aromatic N) is 4. The van der Waals surface area contributed by atoms with E-state index in [1.54, 1.807) is 32.6 Å². The Morgan fingerprint density at radius 1 is 1.40 bits per heavy atom. The van der Waals surface area contributed by atoms with Crippen molar-refractivity contribution >= 4 is 27.8 Å². The van der Waals surface area contributed by atoms with Crippen LogP contribution in [0, 0.1) is 0 Å². The highest BCUT2D eigenvalue weighted by Crippen LogP contribution is 2.40. The van der Waals surface area contributed by atoms with E-state index in [-0.39, 0.29) is 6.10 Å². The summed E-state index contributed by atoms with van der Waals surface area (Å²) in [6.45, 7) is 5.41. The van der Waals surface area contributed by atoms with E-state index in [0.29, 0.717) is 23.0 Å². The van der Waals surface area contributed by atoms with Crippen LogP contribution in [-0.2, 0) is 9.53 Å². The van der Waals surface area contributed by atoms with Gasteiger partial charge in [0, 0.05) is 15.7 Å². The van der Waals surface area contributed by atoms with E-state index in [1.165, 1.54) is 0 Å². The molecule has 1 aliphatic rings. The van der Waals surface area contributed by atoms with Gasteiger partial charge in [0.2, 0.25) is 5.95 Å². The number of benzene rings is 1. The van der Waals surface area contributed by atoms with Crippen LogP contribution < -0.4 is 10.1 Å². The van der Waals surface area contributed by atoms with Crippen molar-refractivity contribution in [3.8, 4) is 5.75 Å². The molecule has 1 N–H and O–H groups in total. The van der Waals surface area contributed by atoms with Gasteiger partial charge in [-0.15, -0.1) is 0 Å². The number of fused-ring (bicyclic) bond motifs is 1. The van der Waals surface area contributed by atoms with Gasteiger partial charge in [-0.25, -0.2) is 4.79 Å². The van der Waals surface area contributed by atoms with Gasteiger partial charge in [-0.1, -0.05) is 21.0 Å². The summed E-state index contributed by atoms with van der Waals surface area (Å²) in [4.78, 5) is 12.8. The highest BCUT2D eigenvalue weighted by atomic mass is 79.9. The first-order valence-corrected chi connectivity index (χ1v) is 8.51. The van der Waals surface area contributed by atoms with Gasteiger partial charge in [0.25, 0.3) is 0 Å². The van der Waals surface area contributed by atoms with Crippen molar-refractivity contribution in [3.05, 3.63) is 39.5 Å². The summed E-state index contributed by atoms with van der Waals surface area (Å²) in [7, 11) is 1.58. The number of allylic oxidation sites excluding steroid dienone is 1. The molecule has 1 aliphatic heterocycles. The van der Waals surface area contributed by atoms with Crippen LogP contribution in [0.15, 0.2) is 33.9 Å². The molecule has 1 atom stereocenters. The van der Waals surface area contributed by atoms with Crippen LogP contribution >= 0.6 is 15.9 Å². The Morgan fingerprint density at radius 3 is 2.84 bits per heavy atom. The highest BCUT2D eigenvalue weighted by Gasteiger charge is 2.36. The molecule has 0 unspecified atom stereocenters. The summed E-state index contributed by atoms with van der Waals surface area (Å²) >= 11 is 3.47. The molecule has 0 amide bonds. The summed E-state index contributed by atoms with van der Waals surface area (Å²) in [5, 5.41) is 14.8. The van der Waals surface area contributed by atoms with Gasteiger partial charge in [-0.05, 0) is 49.4 Å². The lowest BCUT2D eigenvalue weighted by molar-refractivity contribution is -0.143. The molecular formula is C16H18BrN5O3. The fourth-order valence-electron chi connectivity index (χ4n) is 2.76. The zero-order chi connectivity index (χ0) is 18.1. The Bertz CT molecular complexity index is 846. The SMILES string of the molecule is COc1ccc(Br)cc1[C@H]1C(C(=O)OC(C)C)=C(C)Nc2nnnn21. The molecule has 0 spiro atoms. The van der Waals surface area contributed by atoms with Crippen LogP contribution in [0.25, 0.3) is 0 Å². The van der Waals surface area contributed by atoms with Crippen molar-refractivity contribution in [1.29, 1.82) is 0 Å². The molecule has 0 fully saturated rings. The Morgan fingerprint density at radius 2 is 2.16 bits per heavy atom. The van der Waals surface area contributed by atoms with Crippen LogP contribution in [0.4, 0.5) is 5.95 Å². The maximum atomic E-state index is 12.8. The largest absolute Gasteiger partial charge is 0.496 e. The lowest BCUT2D eigenvalue weighted by atomic mass is 9.95. The second-order valence-corrected chi connectivity index (χ2v) is 6.77. The summed E-state index contributed by atoms with van der Waals surface area (Å²) in [6, 6.07) is 5.01. The van der Waals surface area contributed by atoms with Crippen molar-refractivity contribution in [2.45, 2.75) is 32.9 Å². The number of carbonyl (C=O) groups is 1. The minimum atomic E-state index is -0.565. The third-order valence-electron chi connectivity index (χ3n) is 3.76. The number of aromatic nitrogens is 4. The van der Waals surface area contributed by atoms with E-state index in [2.05, 4.69) is 36.8 Å². The number of esters is 1. The number of halogens is 1. The van der Waals surface area contributed by atoms with Crippen LogP contribution in [0.1, 0.15) is 32.4 Å². The first-order valence-electron chi connectivity index (χ1n) is 7.72. The molecule has 132 valence electrons. The Labute approximate surface area is 153 Å². The lowest BCUT2D eigenvalue weighted by Gasteiger charge is -2.28. The molecule has 0 saturated heterocycles. The highest BCUT2D eigenvalue weighted by molar-refractivity contribution is 9.10. The molecule has 1 aromatic carbocycles. The molecule has 0 bridgehead atoms. The quantitative estimate of drug-likeness (QED) is 0.778. The molecular weight excluding hydrogens is 390 g/mol. The molecule has 25 heavy (non-hydrogen) atoms. The van der Waals surface area contributed by atoms with Gasteiger partial charge >= 0.3 is 5.97 Å². The summed E-state index contributed by atoms with van der Waals surface area (Å²) in [6.07, 6.45) is -0.242. The van der Waals surface area contributed by atoms with Gasteiger partial charge in [0.15, 0.2) is 0 Å². The standard InChI is InChI=1S/C16H18BrN5O3/c1-8(2)25-15(23)13-9(3)18-16-19-20-21-22(16)14(13)11-7-10(17)5-6-12(11)24-4/h5-8,14H,1-4H3,(H,18,19,21)/t14-/m0/s1. The van der Waals surface area contributed by atoms with Crippen molar-refractivity contribution in [2.24, 2.45) is 0 Å². The average molecular weight is 408 g/mol. The summed E-state index contributed by atoms with van der Waals surface area (Å²) in [5.74, 6) is 0.651. The maximum absolute atomic E-state index is 12.8. The second-order valence-electron chi connectivity index (χ2n) is 5.85. The third-order valence-corrected chi connectivity index (χ3v) is 4.26. The maximum Gasteiger partial charge on any atom is 0.338 e. The lowest BCUT2D eigenvalue weighted by Crippen LogP contribution is -2.30. The predicted octanol–water partition coefficient (Wildman–Crippen LogP) is 2.68. The first kappa shape index (κ1) is 17.4. The molecule has 9 heteroatoms. The fourth-order valence-corrected chi connectivity index (χ4v) is 3.14.